The first-order valence-electron chi connectivity index (χ1n) is 15.5. The molecule has 9 nitrogen and oxygen atoms in total. The third-order valence-corrected chi connectivity index (χ3v) is 9.72. The van der Waals surface area contributed by atoms with Crippen molar-refractivity contribution >= 4 is 33.5 Å². The van der Waals surface area contributed by atoms with E-state index in [-0.39, 0.29) is 17.9 Å². The number of ether oxygens (including phenoxy) is 1. The van der Waals surface area contributed by atoms with Crippen LogP contribution in [0.25, 0.3) is 10.1 Å². The summed E-state index contributed by atoms with van der Waals surface area (Å²) in [6, 6.07) is 8.38. The first-order chi connectivity index (χ1) is 20.0. The number of fused-ring (bicyclic) bond motifs is 2. The number of hydrogen-bond acceptors (Lipinski definition) is 7. The Balaban J connectivity index is 1.19. The molecule has 3 heterocycles. The van der Waals surface area contributed by atoms with Gasteiger partial charge in [-0.2, -0.15) is 4.37 Å². The molecular formula is C31H46N5O4S+. The van der Waals surface area contributed by atoms with E-state index in [9.17, 15) is 15.0 Å². The van der Waals surface area contributed by atoms with Crippen molar-refractivity contribution < 1.29 is 24.2 Å². The monoisotopic (exact) mass is 584 g/mol. The van der Waals surface area contributed by atoms with Crippen LogP contribution in [-0.2, 0) is 24.1 Å². The van der Waals surface area contributed by atoms with Gasteiger partial charge in [-0.3, -0.25) is 9.05 Å². The van der Waals surface area contributed by atoms with E-state index in [0.29, 0.717) is 24.3 Å². The summed E-state index contributed by atoms with van der Waals surface area (Å²) < 4.78 is 14.2. The van der Waals surface area contributed by atoms with Crippen LogP contribution in [0.1, 0.15) is 69.4 Å². The van der Waals surface area contributed by atoms with Gasteiger partial charge in [-0.1, -0.05) is 38.3 Å². The van der Waals surface area contributed by atoms with E-state index in [1.807, 2.05) is 0 Å². The molecule has 1 aliphatic carbocycles. The predicted molar refractivity (Wildman–Crippen MR) is 164 cm³/mol. The summed E-state index contributed by atoms with van der Waals surface area (Å²) in [5, 5.41) is 25.6. The fourth-order valence-electron chi connectivity index (χ4n) is 6.36. The molecule has 0 bridgehead atoms. The number of aromatic hydroxyl groups is 2. The highest BCUT2D eigenvalue weighted by molar-refractivity contribution is 7.13. The number of aromatic nitrogens is 2. The van der Waals surface area contributed by atoms with Crippen molar-refractivity contribution in [3.8, 4) is 11.8 Å². The van der Waals surface area contributed by atoms with Gasteiger partial charge >= 0.3 is 6.09 Å². The molecule has 3 N–H and O–H groups in total. The van der Waals surface area contributed by atoms with Crippen LogP contribution in [0, 0.1) is 0 Å². The van der Waals surface area contributed by atoms with E-state index in [1.54, 1.807) is 16.1 Å². The normalized spacial score (nSPS) is 16.6. The van der Waals surface area contributed by atoms with Gasteiger partial charge in [0.25, 0.3) is 0 Å². The molecule has 224 valence electrons. The lowest BCUT2D eigenvalue weighted by atomic mass is 9.95. The molecule has 0 unspecified atom stereocenters. The van der Waals surface area contributed by atoms with Crippen LogP contribution in [0.4, 0.5) is 10.6 Å². The number of piperazine rings is 1. The average Bonchev–Trinajstić information content (AvgIpc) is 3.53. The molecule has 2 aromatic heterocycles. The second-order valence-corrected chi connectivity index (χ2v) is 12.5. The van der Waals surface area contributed by atoms with Crippen molar-refractivity contribution in [1.82, 2.24) is 14.3 Å². The van der Waals surface area contributed by atoms with Gasteiger partial charge in [0.2, 0.25) is 6.73 Å². The number of rotatable bonds is 13. The number of carbonyl (C=O) groups is 1. The minimum absolute atomic E-state index is 0.240. The molecule has 3 aromatic rings. The second kappa shape index (κ2) is 13.8. The molecule has 2 aliphatic rings. The van der Waals surface area contributed by atoms with Gasteiger partial charge in [0.15, 0.2) is 17.6 Å². The Morgan fingerprint density at radius 3 is 2.49 bits per heavy atom. The third-order valence-electron chi connectivity index (χ3n) is 8.90. The van der Waals surface area contributed by atoms with Crippen LogP contribution < -0.4 is 10.2 Å². The lowest BCUT2D eigenvalue weighted by Gasteiger charge is -2.44. The Morgan fingerprint density at radius 1 is 1.02 bits per heavy atom. The summed E-state index contributed by atoms with van der Waals surface area (Å²) in [5.41, 5.74) is 1.86. The largest absolute Gasteiger partial charge is 0.494 e. The van der Waals surface area contributed by atoms with E-state index in [0.717, 1.165) is 101 Å². The molecular weight excluding hydrogens is 538 g/mol. The molecule has 0 atom stereocenters. The Morgan fingerprint density at radius 2 is 1.76 bits per heavy atom. The third kappa shape index (κ3) is 6.92. The number of hydrogen-bond donors (Lipinski definition) is 3. The first-order valence-corrected chi connectivity index (χ1v) is 16.3. The maximum atomic E-state index is 12.5. The van der Waals surface area contributed by atoms with Crippen LogP contribution in [0.15, 0.2) is 24.3 Å². The lowest BCUT2D eigenvalue weighted by Crippen LogP contribution is -2.61. The Labute approximate surface area is 247 Å². The quantitative estimate of drug-likeness (QED) is 0.174. The van der Waals surface area contributed by atoms with Gasteiger partial charge in [-0.15, -0.1) is 0 Å². The number of quaternary nitrogens is 1. The van der Waals surface area contributed by atoms with Crippen LogP contribution in [0.3, 0.4) is 0 Å². The van der Waals surface area contributed by atoms with Crippen LogP contribution in [-0.4, -0.2) is 75.7 Å². The maximum Gasteiger partial charge on any atom is 0.411 e. The van der Waals surface area contributed by atoms with Crippen LogP contribution >= 0.6 is 11.5 Å². The van der Waals surface area contributed by atoms with Gasteiger partial charge in [0, 0.05) is 29.6 Å². The first kappa shape index (κ1) is 29.5. The number of carbonyl (C=O) groups excluding carboxylic acids is 1. The topological polar surface area (TPSA) is 99.8 Å². The van der Waals surface area contributed by atoms with Gasteiger partial charge < -0.3 is 25.2 Å². The number of anilines is 1. The zero-order chi connectivity index (χ0) is 28.7. The number of nitrogens with one attached hydrogen (secondary N) is 1. The minimum atomic E-state index is -0.334. The van der Waals surface area contributed by atoms with Crippen molar-refractivity contribution in [1.29, 1.82) is 0 Å². The standard InChI is InChI=1S/C31H45N5O4S/c1-2-3-4-9-16-32-31(39)40-23-36(20-11-10-17-35-29(37)24-12-5-6-13-25(24)30(35)38)21-18-34(19-22-36)28-26-14-7-8-15-27(26)41-33-28/h7-8,14-15H,2-6,9-13,16-23H2,1H3,(H2-,32,37,38,39)/p+1. The zero-order valence-electron chi connectivity index (χ0n) is 24.4. The van der Waals surface area contributed by atoms with Crippen molar-refractivity contribution in [2.24, 2.45) is 0 Å². The molecule has 1 aliphatic heterocycles. The summed E-state index contributed by atoms with van der Waals surface area (Å²) in [6.45, 7) is 8.06. The molecule has 5 rings (SSSR count). The molecule has 0 saturated carbocycles. The molecule has 1 fully saturated rings. The van der Waals surface area contributed by atoms with Gasteiger partial charge in [-0.25, -0.2) is 4.79 Å². The van der Waals surface area contributed by atoms with E-state index in [4.69, 9.17) is 9.11 Å². The number of unbranched alkanes of at least 4 members (excludes halogenated alkanes) is 4. The summed E-state index contributed by atoms with van der Waals surface area (Å²) in [5.74, 6) is 1.53. The molecule has 1 saturated heterocycles. The Kier molecular flexibility index (Phi) is 9.92. The molecule has 0 radical (unpaired) electrons. The van der Waals surface area contributed by atoms with Crippen LogP contribution in [0.5, 0.6) is 11.8 Å². The van der Waals surface area contributed by atoms with E-state index in [1.165, 1.54) is 22.9 Å². The molecule has 0 spiro atoms. The minimum Gasteiger partial charge on any atom is -0.494 e. The summed E-state index contributed by atoms with van der Waals surface area (Å²) in [4.78, 5) is 14.9. The van der Waals surface area contributed by atoms with Gasteiger partial charge in [0.05, 0.1) is 37.4 Å². The van der Waals surface area contributed by atoms with Crippen molar-refractivity contribution in [2.45, 2.75) is 77.7 Å². The molecule has 10 heteroatoms. The number of nitrogens with zero attached hydrogens (tertiary/aromatic N) is 4. The zero-order valence-corrected chi connectivity index (χ0v) is 25.3. The summed E-state index contributed by atoms with van der Waals surface area (Å²) >= 11 is 1.54. The van der Waals surface area contributed by atoms with Gasteiger partial charge in [-0.05, 0) is 68.6 Å². The highest BCUT2D eigenvalue weighted by Gasteiger charge is 2.35. The van der Waals surface area contributed by atoms with Crippen molar-refractivity contribution in [2.75, 3.05) is 50.9 Å². The molecule has 1 amide bonds. The van der Waals surface area contributed by atoms with Crippen LogP contribution in [0.2, 0.25) is 0 Å². The van der Waals surface area contributed by atoms with Gasteiger partial charge in [0.1, 0.15) is 0 Å². The smallest absolute Gasteiger partial charge is 0.411 e. The average molecular weight is 585 g/mol. The van der Waals surface area contributed by atoms with E-state index in [2.05, 4.69) is 41.4 Å². The summed E-state index contributed by atoms with van der Waals surface area (Å²) in [7, 11) is 0. The Bertz CT molecular complexity index is 1270. The van der Waals surface area contributed by atoms with Crippen molar-refractivity contribution in [3.05, 3.63) is 35.4 Å². The maximum absolute atomic E-state index is 12.5. The fourth-order valence-corrected chi connectivity index (χ4v) is 7.16. The number of alkyl carbamates (subject to hydrolysis) is 1. The summed E-state index contributed by atoms with van der Waals surface area (Å²) in [6.07, 6.45) is 9.65. The van der Waals surface area contributed by atoms with E-state index >= 15 is 0 Å². The number of amides is 1. The van der Waals surface area contributed by atoms with Crippen molar-refractivity contribution in [3.63, 3.8) is 0 Å². The molecule has 1 aromatic carbocycles. The second-order valence-electron chi connectivity index (χ2n) is 11.7. The fraction of sp³-hybridized carbons (Fsp3) is 0.613. The SMILES string of the molecule is CCCCCCNC(=O)OC[N+]1(CCCCn2c(O)c3c(c2O)CCCC3)CCN(c2nsc3ccccc23)CC1. The lowest BCUT2D eigenvalue weighted by molar-refractivity contribution is -0.944. The highest BCUT2D eigenvalue weighted by Crippen LogP contribution is 2.39. The van der Waals surface area contributed by atoms with E-state index < -0.39 is 0 Å². The highest BCUT2D eigenvalue weighted by atomic mass is 32.1. The predicted octanol–water partition coefficient (Wildman–Crippen LogP) is 5.77. The Hall–Kier alpha value is -2.98. The molecule has 41 heavy (non-hydrogen) atoms. The number of benzene rings is 1.